The molecule has 2 rings (SSSR count). The average Bonchev–Trinajstić information content (AvgIpc) is 2.52. The van der Waals surface area contributed by atoms with Crippen molar-refractivity contribution in [3.05, 3.63) is 11.1 Å². The summed E-state index contributed by atoms with van der Waals surface area (Å²) >= 11 is 0. The Morgan fingerprint density at radius 3 is 1.96 bits per heavy atom. The van der Waals surface area contributed by atoms with Gasteiger partial charge in [-0.1, -0.05) is 49.7 Å². The number of carbonyl (C=O) groups is 2. The van der Waals surface area contributed by atoms with Crippen LogP contribution in [0.2, 0.25) is 0 Å². The standard InChI is InChI=1S/C22H37NO3/c1-22(2,3)26-21(25)23-15-14-18-12-10-8-6-4-5-7-9-11-13-19(18)16-20(24)17-23/h4-17H2,1-3H3/b19-18-. The van der Waals surface area contributed by atoms with Gasteiger partial charge >= 0.3 is 6.09 Å². The minimum Gasteiger partial charge on any atom is -0.444 e. The Hall–Kier alpha value is -1.32. The first kappa shape index (κ1) is 21.0. The Kier molecular flexibility index (Phi) is 8.17. The van der Waals surface area contributed by atoms with E-state index in [4.69, 9.17) is 4.74 Å². The first-order chi connectivity index (χ1) is 12.3. The molecule has 4 heteroatoms. The molecule has 1 aliphatic heterocycles. The van der Waals surface area contributed by atoms with Gasteiger partial charge < -0.3 is 9.64 Å². The van der Waals surface area contributed by atoms with E-state index in [-0.39, 0.29) is 18.4 Å². The second-order valence-corrected chi connectivity index (χ2v) is 8.90. The van der Waals surface area contributed by atoms with Crippen LogP contribution in [0.3, 0.4) is 0 Å². The van der Waals surface area contributed by atoms with Gasteiger partial charge in [0.1, 0.15) is 5.60 Å². The zero-order chi connectivity index (χ0) is 19.0. The number of Topliss-reactive ketones (excluding diaryl/α,β-unsaturated/α-hetero) is 1. The largest absolute Gasteiger partial charge is 0.444 e. The number of carbonyl (C=O) groups excluding carboxylic acids is 2. The van der Waals surface area contributed by atoms with Crippen LogP contribution in [0, 0.1) is 0 Å². The normalized spacial score (nSPS) is 24.6. The van der Waals surface area contributed by atoms with E-state index >= 15 is 0 Å². The van der Waals surface area contributed by atoms with Gasteiger partial charge in [-0.2, -0.15) is 0 Å². The number of hydrogen-bond donors (Lipinski definition) is 0. The average molecular weight is 364 g/mol. The van der Waals surface area contributed by atoms with Gasteiger partial charge in [0.15, 0.2) is 5.78 Å². The van der Waals surface area contributed by atoms with E-state index < -0.39 is 5.60 Å². The van der Waals surface area contributed by atoms with Gasteiger partial charge in [0.2, 0.25) is 0 Å². The molecular weight excluding hydrogens is 326 g/mol. The number of rotatable bonds is 0. The fraction of sp³-hybridized carbons (Fsp3) is 0.818. The summed E-state index contributed by atoms with van der Waals surface area (Å²) in [5, 5.41) is 0. The molecule has 148 valence electrons. The quantitative estimate of drug-likeness (QED) is 0.511. The first-order valence-electron chi connectivity index (χ1n) is 10.5. The maximum atomic E-state index is 12.6. The van der Waals surface area contributed by atoms with Crippen LogP contribution in [0.4, 0.5) is 4.79 Å². The van der Waals surface area contributed by atoms with Crippen LogP contribution in [-0.2, 0) is 9.53 Å². The van der Waals surface area contributed by atoms with E-state index in [1.165, 1.54) is 62.5 Å². The number of hydrogen-bond acceptors (Lipinski definition) is 3. The fourth-order valence-corrected chi connectivity index (χ4v) is 3.94. The number of allylic oxidation sites excluding steroid dienone is 1. The van der Waals surface area contributed by atoms with Crippen molar-refractivity contribution in [3.63, 3.8) is 0 Å². The lowest BCUT2D eigenvalue weighted by atomic mass is 9.89. The molecule has 0 aromatic rings. The molecule has 0 bridgehead atoms. The van der Waals surface area contributed by atoms with E-state index in [0.29, 0.717) is 13.0 Å². The number of ether oxygens (including phenoxy) is 1. The van der Waals surface area contributed by atoms with Gasteiger partial charge in [-0.15, -0.1) is 0 Å². The molecule has 0 saturated carbocycles. The Bertz CT molecular complexity index is 516. The Balaban J connectivity index is 2.08. The van der Waals surface area contributed by atoms with Gasteiger partial charge in [-0.25, -0.2) is 4.79 Å². The molecular formula is C22H37NO3. The van der Waals surface area contributed by atoms with E-state index in [1.54, 1.807) is 4.90 Å². The highest BCUT2D eigenvalue weighted by atomic mass is 16.6. The van der Waals surface area contributed by atoms with Crippen LogP contribution in [-0.4, -0.2) is 35.5 Å². The predicted octanol–water partition coefficient (Wildman–Crippen LogP) is 5.80. The molecule has 0 spiro atoms. The molecule has 0 aromatic heterocycles. The molecule has 1 aliphatic carbocycles. The molecule has 0 saturated heterocycles. The van der Waals surface area contributed by atoms with Crippen LogP contribution in [0.25, 0.3) is 0 Å². The van der Waals surface area contributed by atoms with Crippen molar-refractivity contribution in [2.75, 3.05) is 13.1 Å². The van der Waals surface area contributed by atoms with Crippen molar-refractivity contribution < 1.29 is 14.3 Å². The fourth-order valence-electron chi connectivity index (χ4n) is 3.94. The summed E-state index contributed by atoms with van der Waals surface area (Å²) in [7, 11) is 0. The third-order valence-electron chi connectivity index (χ3n) is 5.32. The van der Waals surface area contributed by atoms with E-state index in [2.05, 4.69) is 0 Å². The third kappa shape index (κ3) is 7.51. The van der Waals surface area contributed by atoms with Crippen molar-refractivity contribution in [2.45, 2.75) is 103 Å². The molecule has 0 aromatic carbocycles. The second kappa shape index (κ2) is 10.1. The molecule has 0 N–H and O–H groups in total. The Morgan fingerprint density at radius 1 is 0.846 bits per heavy atom. The molecule has 0 fully saturated rings. The van der Waals surface area contributed by atoms with Crippen LogP contribution in [0.15, 0.2) is 11.1 Å². The van der Waals surface area contributed by atoms with Gasteiger partial charge in [-0.3, -0.25) is 4.79 Å². The van der Waals surface area contributed by atoms with Crippen molar-refractivity contribution in [3.8, 4) is 0 Å². The van der Waals surface area contributed by atoms with Gasteiger partial charge in [0.25, 0.3) is 0 Å². The van der Waals surface area contributed by atoms with Crippen LogP contribution in [0.1, 0.15) is 97.8 Å². The predicted molar refractivity (Wildman–Crippen MR) is 105 cm³/mol. The highest BCUT2D eigenvalue weighted by molar-refractivity contribution is 5.86. The van der Waals surface area contributed by atoms with Crippen LogP contribution >= 0.6 is 0 Å². The third-order valence-corrected chi connectivity index (χ3v) is 5.32. The summed E-state index contributed by atoms with van der Waals surface area (Å²) in [6, 6.07) is 0. The number of ketones is 1. The van der Waals surface area contributed by atoms with Gasteiger partial charge in [0, 0.05) is 13.0 Å². The molecule has 1 heterocycles. The summed E-state index contributed by atoms with van der Waals surface area (Å²) in [6.07, 6.45) is 13.5. The Morgan fingerprint density at radius 2 is 1.38 bits per heavy atom. The van der Waals surface area contributed by atoms with Gasteiger partial charge in [0.05, 0.1) is 6.54 Å². The lowest BCUT2D eigenvalue weighted by molar-refractivity contribution is -0.119. The van der Waals surface area contributed by atoms with Crippen molar-refractivity contribution in [1.29, 1.82) is 0 Å². The molecule has 26 heavy (non-hydrogen) atoms. The Labute approximate surface area is 159 Å². The van der Waals surface area contributed by atoms with E-state index in [9.17, 15) is 9.59 Å². The number of nitrogens with zero attached hydrogens (tertiary/aromatic N) is 1. The monoisotopic (exact) mass is 363 g/mol. The summed E-state index contributed by atoms with van der Waals surface area (Å²) < 4.78 is 5.49. The zero-order valence-electron chi connectivity index (χ0n) is 17.1. The minimum atomic E-state index is -0.528. The summed E-state index contributed by atoms with van der Waals surface area (Å²) in [5.41, 5.74) is 2.28. The molecule has 0 radical (unpaired) electrons. The SMILES string of the molecule is CC(C)(C)OC(=O)N1CC/C2=C(/CCCCCCCCCC2)CC(=O)C1. The maximum absolute atomic E-state index is 12.6. The van der Waals surface area contributed by atoms with E-state index in [1.807, 2.05) is 20.8 Å². The van der Waals surface area contributed by atoms with Crippen LogP contribution < -0.4 is 0 Å². The highest BCUT2D eigenvalue weighted by Gasteiger charge is 2.26. The van der Waals surface area contributed by atoms with Crippen LogP contribution in [0.5, 0.6) is 0 Å². The van der Waals surface area contributed by atoms with Gasteiger partial charge in [-0.05, 0) is 52.9 Å². The van der Waals surface area contributed by atoms with E-state index in [0.717, 1.165) is 19.3 Å². The molecule has 4 nitrogen and oxygen atoms in total. The summed E-state index contributed by atoms with van der Waals surface area (Å²) in [5.74, 6) is 0.148. The topological polar surface area (TPSA) is 46.6 Å². The number of amides is 1. The zero-order valence-corrected chi connectivity index (χ0v) is 17.1. The summed E-state index contributed by atoms with van der Waals surface area (Å²) in [4.78, 5) is 26.6. The lowest BCUT2D eigenvalue weighted by Gasteiger charge is -2.29. The van der Waals surface area contributed by atoms with Crippen molar-refractivity contribution in [2.24, 2.45) is 0 Å². The smallest absolute Gasteiger partial charge is 0.410 e. The van der Waals surface area contributed by atoms with Crippen molar-refractivity contribution >= 4 is 11.9 Å². The first-order valence-corrected chi connectivity index (χ1v) is 10.5. The molecule has 2 aliphatic rings. The maximum Gasteiger partial charge on any atom is 0.410 e. The lowest BCUT2D eigenvalue weighted by Crippen LogP contribution is -2.41. The highest BCUT2D eigenvalue weighted by Crippen LogP contribution is 2.28. The summed E-state index contributed by atoms with van der Waals surface area (Å²) in [6.45, 7) is 6.38. The molecule has 0 unspecified atom stereocenters. The minimum absolute atomic E-state index is 0.148. The molecule has 1 amide bonds. The second-order valence-electron chi connectivity index (χ2n) is 8.90. The molecule has 0 atom stereocenters. The van der Waals surface area contributed by atoms with Crippen molar-refractivity contribution in [1.82, 2.24) is 4.90 Å².